The molecule has 0 saturated heterocycles. The molecule has 0 saturated carbocycles. The largest absolute Gasteiger partial charge is 0.264 e. The van der Waals surface area contributed by atoms with Crippen LogP contribution in [0.15, 0.2) is 48.8 Å². The second kappa shape index (κ2) is 2.62. The lowest BCUT2D eigenvalue weighted by molar-refractivity contribution is 1.21. The summed E-state index contributed by atoms with van der Waals surface area (Å²) in [6, 6.07) is 10.2. The van der Waals surface area contributed by atoms with E-state index in [1.165, 1.54) is 11.1 Å². The van der Waals surface area contributed by atoms with E-state index in [9.17, 15) is 0 Å². The summed E-state index contributed by atoms with van der Waals surface area (Å²) in [5.74, 6) is 0. The summed E-state index contributed by atoms with van der Waals surface area (Å²) in [7, 11) is 0. The van der Waals surface area contributed by atoms with E-state index in [1.807, 2.05) is 36.7 Å². The van der Waals surface area contributed by atoms with Gasteiger partial charge in [-0.2, -0.15) is 0 Å². The standard InChI is InChI=1S/C10H8N/c1-2-4-9(5-3-1)10-6-7-11-8-10/h1-8H. The molecule has 1 radical (unpaired) electrons. The van der Waals surface area contributed by atoms with E-state index in [-0.39, 0.29) is 0 Å². The van der Waals surface area contributed by atoms with Crippen LogP contribution in [0.1, 0.15) is 5.56 Å². The zero-order valence-corrected chi connectivity index (χ0v) is 6.07. The fourth-order valence-corrected chi connectivity index (χ4v) is 1.09. The maximum absolute atomic E-state index is 4.00. The fourth-order valence-electron chi connectivity index (χ4n) is 1.09. The van der Waals surface area contributed by atoms with E-state index in [4.69, 9.17) is 0 Å². The van der Waals surface area contributed by atoms with Crippen molar-refractivity contribution in [2.24, 2.45) is 0 Å². The van der Waals surface area contributed by atoms with Crippen molar-refractivity contribution in [3.8, 4) is 0 Å². The highest BCUT2D eigenvalue weighted by atomic mass is 14.8. The van der Waals surface area contributed by atoms with Gasteiger partial charge in [-0.05, 0) is 11.6 Å². The summed E-state index contributed by atoms with van der Waals surface area (Å²) in [4.78, 5) is 0. The Morgan fingerprint density at radius 2 is 1.82 bits per heavy atom. The van der Waals surface area contributed by atoms with Gasteiger partial charge in [-0.15, -0.1) is 0 Å². The highest BCUT2D eigenvalue weighted by Gasteiger charge is 1.99. The molecule has 2 rings (SSSR count). The van der Waals surface area contributed by atoms with Crippen LogP contribution in [-0.4, -0.2) is 0 Å². The van der Waals surface area contributed by atoms with E-state index < -0.39 is 0 Å². The summed E-state index contributed by atoms with van der Waals surface area (Å²) in [5, 5.41) is 4.00. The van der Waals surface area contributed by atoms with Gasteiger partial charge in [0.1, 0.15) is 0 Å². The minimum absolute atomic E-state index is 1.19. The van der Waals surface area contributed by atoms with Crippen LogP contribution in [0.4, 0.5) is 0 Å². The van der Waals surface area contributed by atoms with Crippen molar-refractivity contribution in [2.75, 3.05) is 0 Å². The number of rotatable bonds is 1. The van der Waals surface area contributed by atoms with E-state index in [0.717, 1.165) is 0 Å². The first-order valence-corrected chi connectivity index (χ1v) is 3.59. The molecule has 1 heteroatoms. The molecule has 1 nitrogen and oxygen atoms in total. The molecule has 0 aliphatic carbocycles. The van der Waals surface area contributed by atoms with Crippen molar-refractivity contribution in [1.82, 2.24) is 5.32 Å². The Morgan fingerprint density at radius 1 is 1.00 bits per heavy atom. The van der Waals surface area contributed by atoms with Crippen LogP contribution in [0.25, 0.3) is 5.57 Å². The van der Waals surface area contributed by atoms with Crippen LogP contribution >= 0.6 is 0 Å². The first-order valence-electron chi connectivity index (χ1n) is 3.59. The Bertz CT molecular complexity index is 296. The van der Waals surface area contributed by atoms with Gasteiger partial charge in [0.2, 0.25) is 0 Å². The van der Waals surface area contributed by atoms with Gasteiger partial charge in [-0.25, -0.2) is 0 Å². The van der Waals surface area contributed by atoms with Crippen LogP contribution in [-0.2, 0) is 0 Å². The molecule has 1 heterocycles. The van der Waals surface area contributed by atoms with E-state index >= 15 is 0 Å². The zero-order chi connectivity index (χ0) is 7.52. The number of nitrogens with zero attached hydrogens (tertiary/aromatic N) is 1. The minimum Gasteiger partial charge on any atom is -0.264 e. The first-order chi connectivity index (χ1) is 5.47. The average Bonchev–Trinajstić information content (AvgIpc) is 2.58. The topological polar surface area (TPSA) is 14.1 Å². The number of hydrogen-bond donors (Lipinski definition) is 0. The van der Waals surface area contributed by atoms with Crippen LogP contribution in [0, 0.1) is 0 Å². The Morgan fingerprint density at radius 3 is 2.45 bits per heavy atom. The third-order valence-electron chi connectivity index (χ3n) is 1.66. The highest BCUT2D eigenvalue weighted by molar-refractivity contribution is 5.75. The Labute approximate surface area is 66.1 Å². The lowest BCUT2D eigenvalue weighted by atomic mass is 10.1. The average molecular weight is 142 g/mol. The molecule has 1 aliphatic heterocycles. The molecule has 53 valence electrons. The van der Waals surface area contributed by atoms with Gasteiger partial charge < -0.3 is 0 Å². The monoisotopic (exact) mass is 142 g/mol. The molecule has 0 spiro atoms. The Hall–Kier alpha value is -1.50. The van der Waals surface area contributed by atoms with Gasteiger partial charge in [-0.1, -0.05) is 30.3 Å². The summed E-state index contributed by atoms with van der Waals surface area (Å²) in [6.45, 7) is 0. The van der Waals surface area contributed by atoms with Gasteiger partial charge in [0.25, 0.3) is 0 Å². The molecular weight excluding hydrogens is 134 g/mol. The third kappa shape index (κ3) is 1.17. The van der Waals surface area contributed by atoms with Crippen molar-refractivity contribution < 1.29 is 0 Å². The van der Waals surface area contributed by atoms with Crippen molar-refractivity contribution in [1.29, 1.82) is 0 Å². The summed E-state index contributed by atoms with van der Waals surface area (Å²) in [6.07, 6.45) is 5.69. The molecular formula is C10H8N. The van der Waals surface area contributed by atoms with Crippen molar-refractivity contribution in [3.63, 3.8) is 0 Å². The van der Waals surface area contributed by atoms with Crippen LogP contribution in [0.5, 0.6) is 0 Å². The molecule has 0 N–H and O–H groups in total. The van der Waals surface area contributed by atoms with Crippen molar-refractivity contribution in [3.05, 3.63) is 54.4 Å². The molecule has 0 amide bonds. The number of hydrogen-bond acceptors (Lipinski definition) is 0. The van der Waals surface area contributed by atoms with Crippen molar-refractivity contribution >= 4 is 5.57 Å². The number of benzene rings is 1. The molecule has 1 aromatic carbocycles. The first kappa shape index (κ1) is 6.23. The van der Waals surface area contributed by atoms with Gasteiger partial charge in [0.05, 0.1) is 0 Å². The smallest absolute Gasteiger partial charge is 0.0346 e. The van der Waals surface area contributed by atoms with Crippen LogP contribution < -0.4 is 5.32 Å². The van der Waals surface area contributed by atoms with E-state index in [0.29, 0.717) is 0 Å². The zero-order valence-electron chi connectivity index (χ0n) is 6.07. The van der Waals surface area contributed by atoms with Crippen LogP contribution in [0.2, 0.25) is 0 Å². The molecule has 0 unspecified atom stereocenters. The van der Waals surface area contributed by atoms with Gasteiger partial charge >= 0.3 is 0 Å². The molecule has 0 fully saturated rings. The summed E-state index contributed by atoms with van der Waals surface area (Å²) in [5.41, 5.74) is 2.41. The highest BCUT2D eigenvalue weighted by Crippen LogP contribution is 2.17. The third-order valence-corrected chi connectivity index (χ3v) is 1.66. The SMILES string of the molecule is C1=CC(c2ccccc2)=C[N]1. The van der Waals surface area contributed by atoms with Gasteiger partial charge in [-0.3, -0.25) is 5.32 Å². The predicted molar refractivity (Wildman–Crippen MR) is 45.7 cm³/mol. The maximum Gasteiger partial charge on any atom is 0.0346 e. The molecule has 0 atom stereocenters. The van der Waals surface area contributed by atoms with Crippen molar-refractivity contribution in [2.45, 2.75) is 0 Å². The molecule has 11 heavy (non-hydrogen) atoms. The lowest BCUT2D eigenvalue weighted by Crippen LogP contribution is -1.77. The molecule has 1 aromatic rings. The van der Waals surface area contributed by atoms with Gasteiger partial charge in [0, 0.05) is 18.0 Å². The molecule has 1 aliphatic rings. The minimum atomic E-state index is 1.19. The second-order valence-corrected chi connectivity index (χ2v) is 2.42. The summed E-state index contributed by atoms with van der Waals surface area (Å²) < 4.78 is 0. The summed E-state index contributed by atoms with van der Waals surface area (Å²) >= 11 is 0. The quantitative estimate of drug-likeness (QED) is 0.570. The molecule has 0 bridgehead atoms. The predicted octanol–water partition coefficient (Wildman–Crippen LogP) is 2.16. The molecule has 0 aromatic heterocycles. The number of allylic oxidation sites excluding steroid dienone is 2. The van der Waals surface area contributed by atoms with E-state index in [2.05, 4.69) is 17.4 Å². The Kier molecular flexibility index (Phi) is 1.48. The fraction of sp³-hybridized carbons (Fsp3) is 0. The van der Waals surface area contributed by atoms with E-state index in [1.54, 1.807) is 0 Å². The lowest BCUT2D eigenvalue weighted by Gasteiger charge is -1.95. The maximum atomic E-state index is 4.00. The van der Waals surface area contributed by atoms with Gasteiger partial charge in [0.15, 0.2) is 0 Å². The Balaban J connectivity index is 2.37. The van der Waals surface area contributed by atoms with Crippen LogP contribution in [0.3, 0.4) is 0 Å². The second-order valence-electron chi connectivity index (χ2n) is 2.42. The normalized spacial score (nSPS) is 14.4.